The molecule has 5 heteroatoms. The summed E-state index contributed by atoms with van der Waals surface area (Å²) in [6.45, 7) is 2.21. The zero-order valence-electron chi connectivity index (χ0n) is 15.7. The molecule has 4 nitrogen and oxygen atoms in total. The minimum atomic E-state index is -0.424. The molecule has 142 valence electrons. The monoisotopic (exact) mass is 382 g/mol. The van der Waals surface area contributed by atoms with Crippen LogP contribution in [0, 0.1) is 11.8 Å². The third-order valence-electron chi connectivity index (χ3n) is 5.90. The first-order valence-electron chi connectivity index (χ1n) is 9.88. The maximum Gasteiger partial charge on any atom is 0.251 e. The number of primary amides is 1. The van der Waals surface area contributed by atoms with Crippen LogP contribution in [0.5, 0.6) is 0 Å². The SMILES string of the molecule is CCC[C@@H]1CCc2c(sc(NC(=O)[C@H]3C[C@@H]3c3ccccc3)c2C(N)=O)C1. The fourth-order valence-electron chi connectivity index (χ4n) is 4.42. The van der Waals surface area contributed by atoms with Crippen LogP contribution in [-0.4, -0.2) is 11.8 Å². The quantitative estimate of drug-likeness (QED) is 0.772. The second kappa shape index (κ2) is 7.47. The summed E-state index contributed by atoms with van der Waals surface area (Å²) in [4.78, 5) is 26.1. The van der Waals surface area contributed by atoms with Crippen LogP contribution in [0.25, 0.3) is 0 Å². The minimum Gasteiger partial charge on any atom is -0.365 e. The predicted molar refractivity (Wildman–Crippen MR) is 109 cm³/mol. The van der Waals surface area contributed by atoms with Crippen molar-refractivity contribution in [2.75, 3.05) is 5.32 Å². The smallest absolute Gasteiger partial charge is 0.251 e. The van der Waals surface area contributed by atoms with Crippen molar-refractivity contribution < 1.29 is 9.59 Å². The Kier molecular flexibility index (Phi) is 5.04. The Labute approximate surface area is 164 Å². The van der Waals surface area contributed by atoms with Gasteiger partial charge in [0.1, 0.15) is 5.00 Å². The number of carbonyl (C=O) groups is 2. The van der Waals surface area contributed by atoms with Crippen molar-refractivity contribution in [1.82, 2.24) is 0 Å². The Morgan fingerprint density at radius 3 is 2.74 bits per heavy atom. The summed E-state index contributed by atoms with van der Waals surface area (Å²) in [6.07, 6.45) is 6.25. The number of amides is 2. The second-order valence-corrected chi connectivity index (χ2v) is 8.92. The Hall–Kier alpha value is -2.14. The molecule has 27 heavy (non-hydrogen) atoms. The summed E-state index contributed by atoms with van der Waals surface area (Å²) in [7, 11) is 0. The van der Waals surface area contributed by atoms with E-state index < -0.39 is 5.91 Å². The summed E-state index contributed by atoms with van der Waals surface area (Å²) in [5.41, 5.74) is 8.51. The van der Waals surface area contributed by atoms with Gasteiger partial charge in [0, 0.05) is 10.8 Å². The van der Waals surface area contributed by atoms with Gasteiger partial charge in [-0.2, -0.15) is 0 Å². The molecule has 1 fully saturated rings. The molecule has 2 aromatic rings. The van der Waals surface area contributed by atoms with E-state index in [1.165, 1.54) is 23.3 Å². The van der Waals surface area contributed by atoms with Crippen molar-refractivity contribution in [2.45, 2.75) is 51.4 Å². The summed E-state index contributed by atoms with van der Waals surface area (Å²) >= 11 is 1.56. The topological polar surface area (TPSA) is 72.2 Å². The molecule has 2 aliphatic rings. The van der Waals surface area contributed by atoms with E-state index in [1.807, 2.05) is 18.2 Å². The number of hydrogen-bond donors (Lipinski definition) is 2. The van der Waals surface area contributed by atoms with Crippen molar-refractivity contribution in [3.05, 3.63) is 51.9 Å². The summed E-state index contributed by atoms with van der Waals surface area (Å²) in [5, 5.41) is 3.70. The van der Waals surface area contributed by atoms with E-state index in [1.54, 1.807) is 11.3 Å². The molecule has 0 aliphatic heterocycles. The van der Waals surface area contributed by atoms with E-state index in [0.29, 0.717) is 16.5 Å². The highest BCUT2D eigenvalue weighted by molar-refractivity contribution is 7.17. The van der Waals surface area contributed by atoms with Crippen molar-refractivity contribution in [3.63, 3.8) is 0 Å². The lowest BCUT2D eigenvalue weighted by molar-refractivity contribution is -0.117. The van der Waals surface area contributed by atoms with Gasteiger partial charge < -0.3 is 11.1 Å². The molecule has 0 spiro atoms. The van der Waals surface area contributed by atoms with Gasteiger partial charge in [-0.1, -0.05) is 50.1 Å². The van der Waals surface area contributed by atoms with Gasteiger partial charge in [-0.3, -0.25) is 9.59 Å². The number of fused-ring (bicyclic) bond motifs is 1. The van der Waals surface area contributed by atoms with Crippen molar-refractivity contribution in [3.8, 4) is 0 Å². The van der Waals surface area contributed by atoms with E-state index in [-0.39, 0.29) is 17.7 Å². The number of nitrogens with one attached hydrogen (secondary N) is 1. The normalized spacial score (nSPS) is 23.5. The molecule has 0 saturated heterocycles. The third kappa shape index (κ3) is 3.65. The van der Waals surface area contributed by atoms with Crippen LogP contribution < -0.4 is 11.1 Å². The van der Waals surface area contributed by atoms with Crippen molar-refractivity contribution in [2.24, 2.45) is 17.6 Å². The van der Waals surface area contributed by atoms with Gasteiger partial charge in [-0.25, -0.2) is 0 Å². The molecule has 0 radical (unpaired) electrons. The largest absolute Gasteiger partial charge is 0.365 e. The lowest BCUT2D eigenvalue weighted by Gasteiger charge is -2.21. The highest BCUT2D eigenvalue weighted by atomic mass is 32.1. The van der Waals surface area contributed by atoms with E-state index in [9.17, 15) is 9.59 Å². The van der Waals surface area contributed by atoms with Crippen LogP contribution in [0.15, 0.2) is 30.3 Å². The first-order chi connectivity index (χ1) is 13.1. The average molecular weight is 383 g/mol. The Bertz CT molecular complexity index is 859. The van der Waals surface area contributed by atoms with Gasteiger partial charge in [0.25, 0.3) is 5.91 Å². The van der Waals surface area contributed by atoms with Gasteiger partial charge in [-0.05, 0) is 48.6 Å². The van der Waals surface area contributed by atoms with Crippen LogP contribution in [0.1, 0.15) is 64.9 Å². The number of hydrogen-bond acceptors (Lipinski definition) is 3. The lowest BCUT2D eigenvalue weighted by atomic mass is 9.84. The highest BCUT2D eigenvalue weighted by Crippen LogP contribution is 2.48. The fraction of sp³-hybridized carbons (Fsp3) is 0.455. The molecule has 0 unspecified atom stereocenters. The number of carbonyl (C=O) groups excluding carboxylic acids is 2. The Morgan fingerprint density at radius 1 is 1.26 bits per heavy atom. The van der Waals surface area contributed by atoms with Gasteiger partial charge in [0.05, 0.1) is 5.56 Å². The van der Waals surface area contributed by atoms with Gasteiger partial charge in [0.15, 0.2) is 0 Å². The maximum atomic E-state index is 12.8. The maximum absolute atomic E-state index is 12.8. The Balaban J connectivity index is 1.51. The molecule has 1 saturated carbocycles. The number of rotatable bonds is 6. The van der Waals surface area contributed by atoms with Gasteiger partial charge >= 0.3 is 0 Å². The Morgan fingerprint density at radius 2 is 2.04 bits per heavy atom. The molecule has 1 heterocycles. The number of benzene rings is 1. The standard InChI is InChI=1S/C22H26N2O2S/c1-2-6-13-9-10-15-18(11-13)27-22(19(15)20(23)25)24-21(26)17-12-16(17)14-7-4-3-5-8-14/h3-5,7-8,13,16-17H,2,6,9-12H2,1H3,(H2,23,25)(H,24,26)/t13-,16-,17+/m1/s1. The van der Waals surface area contributed by atoms with E-state index in [2.05, 4.69) is 24.4 Å². The van der Waals surface area contributed by atoms with Crippen molar-refractivity contribution in [1.29, 1.82) is 0 Å². The van der Waals surface area contributed by atoms with Gasteiger partial charge in [0.2, 0.25) is 5.91 Å². The number of nitrogens with two attached hydrogens (primary N) is 1. The van der Waals surface area contributed by atoms with Crippen LogP contribution >= 0.6 is 11.3 Å². The molecule has 4 rings (SSSR count). The molecule has 2 aliphatic carbocycles. The second-order valence-electron chi connectivity index (χ2n) is 7.82. The zero-order valence-corrected chi connectivity index (χ0v) is 16.5. The zero-order chi connectivity index (χ0) is 19.0. The molecule has 2 amide bonds. The van der Waals surface area contributed by atoms with E-state index in [4.69, 9.17) is 5.73 Å². The summed E-state index contributed by atoms with van der Waals surface area (Å²) in [6, 6.07) is 10.2. The van der Waals surface area contributed by atoms with Crippen molar-refractivity contribution >= 4 is 28.2 Å². The predicted octanol–water partition coefficient (Wildman–Crippen LogP) is 4.49. The van der Waals surface area contributed by atoms with Crippen LogP contribution in [-0.2, 0) is 17.6 Å². The summed E-state index contributed by atoms with van der Waals surface area (Å²) < 4.78 is 0. The average Bonchev–Trinajstić information content (AvgIpc) is 3.38. The molecular formula is C22H26N2O2S. The fourth-order valence-corrected chi connectivity index (χ4v) is 5.79. The molecule has 0 bridgehead atoms. The summed E-state index contributed by atoms with van der Waals surface area (Å²) in [5.74, 6) is 0.533. The molecule has 1 aromatic heterocycles. The molecular weight excluding hydrogens is 356 g/mol. The van der Waals surface area contributed by atoms with Gasteiger partial charge in [-0.15, -0.1) is 11.3 Å². The third-order valence-corrected chi connectivity index (χ3v) is 7.07. The minimum absolute atomic E-state index is 0.00931. The van der Waals surface area contributed by atoms with E-state index in [0.717, 1.165) is 31.2 Å². The first-order valence-corrected chi connectivity index (χ1v) is 10.7. The van der Waals surface area contributed by atoms with Crippen LogP contribution in [0.2, 0.25) is 0 Å². The first kappa shape index (κ1) is 18.2. The molecule has 3 N–H and O–H groups in total. The number of thiophene rings is 1. The lowest BCUT2D eigenvalue weighted by Crippen LogP contribution is -2.20. The number of anilines is 1. The highest BCUT2D eigenvalue weighted by Gasteiger charge is 2.44. The molecule has 1 aromatic carbocycles. The molecule has 3 atom stereocenters. The van der Waals surface area contributed by atoms with E-state index >= 15 is 0 Å². The van der Waals surface area contributed by atoms with Crippen LogP contribution in [0.4, 0.5) is 5.00 Å². The van der Waals surface area contributed by atoms with Crippen LogP contribution in [0.3, 0.4) is 0 Å².